The van der Waals surface area contributed by atoms with Gasteiger partial charge in [-0.2, -0.15) is 5.10 Å². The Kier molecular flexibility index (Phi) is 5.92. The fraction of sp³-hybridized carbons (Fsp3) is 0.0417. The minimum absolute atomic E-state index is 0.0377. The van der Waals surface area contributed by atoms with Crippen molar-refractivity contribution >= 4 is 25.0 Å². The fourth-order valence-electron chi connectivity index (χ4n) is 3.05. The molecule has 0 saturated heterocycles. The average molecular weight is 432 g/mol. The van der Waals surface area contributed by atoms with Crippen LogP contribution in [0.15, 0.2) is 95.6 Å². The van der Waals surface area contributed by atoms with Crippen LogP contribution >= 0.6 is 7.29 Å². The maximum absolute atomic E-state index is 13.6. The molecule has 0 unspecified atom stereocenters. The zero-order valence-electron chi connectivity index (χ0n) is 16.8. The standard InChI is InChI=1S/C24H21N2O4P/c1-29-22-14-18(12-13-21(22)27)15-25-26-31(28)16-23(19-8-4-2-5-9-19)30-24(17-31)20-10-6-3-7-11-20/h2-17,27H,1H3,(H,26,28). The van der Waals surface area contributed by atoms with Crippen molar-refractivity contribution in [2.75, 3.05) is 7.11 Å². The summed E-state index contributed by atoms with van der Waals surface area (Å²) in [4.78, 5) is 0. The first kappa shape index (κ1) is 20.5. The zero-order valence-corrected chi connectivity index (χ0v) is 17.7. The molecule has 0 amide bonds. The van der Waals surface area contributed by atoms with Crippen molar-refractivity contribution in [3.63, 3.8) is 0 Å². The van der Waals surface area contributed by atoms with Gasteiger partial charge in [0.2, 0.25) is 7.29 Å². The highest BCUT2D eigenvalue weighted by molar-refractivity contribution is 7.68. The van der Waals surface area contributed by atoms with E-state index in [9.17, 15) is 9.67 Å². The van der Waals surface area contributed by atoms with Gasteiger partial charge in [0.15, 0.2) is 11.5 Å². The third-order valence-corrected chi connectivity index (χ3v) is 6.25. The SMILES string of the molecule is COc1cc(C=NNP2(=O)C=C(c3ccccc3)OC(c3ccccc3)=C2)ccc1O. The Hall–Kier alpha value is -3.76. The Morgan fingerprint density at radius 3 is 2.06 bits per heavy atom. The molecule has 0 aromatic heterocycles. The van der Waals surface area contributed by atoms with Crippen LogP contribution in [0, 0.1) is 0 Å². The molecule has 0 saturated carbocycles. The number of aromatic hydroxyl groups is 1. The van der Waals surface area contributed by atoms with Crippen LogP contribution in [-0.4, -0.2) is 18.4 Å². The maximum Gasteiger partial charge on any atom is 0.235 e. The van der Waals surface area contributed by atoms with Gasteiger partial charge < -0.3 is 14.6 Å². The second-order valence-electron chi connectivity index (χ2n) is 6.82. The van der Waals surface area contributed by atoms with E-state index in [1.165, 1.54) is 19.4 Å². The van der Waals surface area contributed by atoms with Crippen molar-refractivity contribution in [3.05, 3.63) is 107 Å². The molecule has 156 valence electrons. The molecule has 0 radical (unpaired) electrons. The molecule has 3 aromatic rings. The number of hydrogen-bond acceptors (Lipinski definition) is 5. The van der Waals surface area contributed by atoms with E-state index in [0.29, 0.717) is 22.8 Å². The highest BCUT2D eigenvalue weighted by Gasteiger charge is 2.26. The lowest BCUT2D eigenvalue weighted by Gasteiger charge is -2.22. The summed E-state index contributed by atoms with van der Waals surface area (Å²) in [6.07, 6.45) is 1.52. The number of nitrogens with one attached hydrogen (secondary N) is 1. The van der Waals surface area contributed by atoms with Crippen molar-refractivity contribution in [2.45, 2.75) is 0 Å². The third-order valence-electron chi connectivity index (χ3n) is 4.59. The first-order valence-corrected chi connectivity index (χ1v) is 11.4. The van der Waals surface area contributed by atoms with Crippen molar-refractivity contribution in [2.24, 2.45) is 5.10 Å². The lowest BCUT2D eigenvalue weighted by atomic mass is 10.2. The number of hydrogen-bond donors (Lipinski definition) is 2. The Labute approximate surface area is 180 Å². The van der Waals surface area contributed by atoms with Crippen LogP contribution in [0.3, 0.4) is 0 Å². The van der Waals surface area contributed by atoms with Crippen molar-refractivity contribution in [1.82, 2.24) is 5.20 Å². The smallest absolute Gasteiger partial charge is 0.235 e. The fourth-order valence-corrected chi connectivity index (χ4v) is 4.58. The van der Waals surface area contributed by atoms with E-state index in [1.54, 1.807) is 23.8 Å². The predicted octanol–water partition coefficient (Wildman–Crippen LogP) is 5.63. The number of benzene rings is 3. The van der Waals surface area contributed by atoms with Gasteiger partial charge in [-0.15, -0.1) is 0 Å². The molecule has 1 aliphatic heterocycles. The summed E-state index contributed by atoms with van der Waals surface area (Å²) < 4.78 is 24.8. The maximum atomic E-state index is 13.6. The Balaban J connectivity index is 1.65. The van der Waals surface area contributed by atoms with Gasteiger partial charge in [0.1, 0.15) is 11.5 Å². The number of methoxy groups -OCH3 is 1. The first-order valence-electron chi connectivity index (χ1n) is 9.57. The second-order valence-corrected chi connectivity index (χ2v) is 8.95. The topological polar surface area (TPSA) is 80.2 Å². The van der Waals surface area contributed by atoms with E-state index < -0.39 is 7.29 Å². The van der Waals surface area contributed by atoms with Crippen molar-refractivity contribution in [3.8, 4) is 11.5 Å². The average Bonchev–Trinajstić information content (AvgIpc) is 2.81. The van der Waals surface area contributed by atoms with Gasteiger partial charge in [-0.25, -0.2) is 0 Å². The van der Waals surface area contributed by atoms with Gasteiger partial charge in [0.25, 0.3) is 0 Å². The van der Waals surface area contributed by atoms with Gasteiger partial charge in [-0.05, 0) is 23.8 Å². The van der Waals surface area contributed by atoms with Crippen LogP contribution in [0.5, 0.6) is 11.5 Å². The second kappa shape index (κ2) is 8.94. The van der Waals surface area contributed by atoms with Crippen molar-refractivity contribution in [1.29, 1.82) is 0 Å². The Bertz CT molecular complexity index is 1150. The summed E-state index contributed by atoms with van der Waals surface area (Å²) in [5, 5.41) is 16.7. The molecule has 0 aliphatic carbocycles. The largest absolute Gasteiger partial charge is 0.504 e. The summed E-state index contributed by atoms with van der Waals surface area (Å²) in [5.74, 6) is 4.51. The van der Waals surface area contributed by atoms with Gasteiger partial charge >= 0.3 is 0 Å². The molecule has 1 aliphatic rings. The molecule has 31 heavy (non-hydrogen) atoms. The molecule has 6 nitrogen and oxygen atoms in total. The summed E-state index contributed by atoms with van der Waals surface area (Å²) >= 11 is 0. The lowest BCUT2D eigenvalue weighted by molar-refractivity contribution is 0.373. The van der Waals surface area contributed by atoms with E-state index in [0.717, 1.165) is 11.1 Å². The van der Waals surface area contributed by atoms with E-state index in [1.807, 2.05) is 60.7 Å². The molecule has 2 N–H and O–H groups in total. The third kappa shape index (κ3) is 4.87. The number of hydrazone groups is 1. The summed E-state index contributed by atoms with van der Waals surface area (Å²) in [6.45, 7) is 0. The summed E-state index contributed by atoms with van der Waals surface area (Å²) in [7, 11) is -1.73. The van der Waals surface area contributed by atoms with Gasteiger partial charge in [-0.3, -0.25) is 9.76 Å². The highest BCUT2D eigenvalue weighted by Crippen LogP contribution is 2.53. The normalized spacial score (nSPS) is 15.0. The highest BCUT2D eigenvalue weighted by atomic mass is 31.2. The zero-order chi connectivity index (χ0) is 21.7. The molecule has 7 heteroatoms. The monoisotopic (exact) mass is 432 g/mol. The van der Waals surface area contributed by atoms with Gasteiger partial charge in [0, 0.05) is 22.8 Å². The van der Waals surface area contributed by atoms with Gasteiger partial charge in [0.05, 0.1) is 13.3 Å². The van der Waals surface area contributed by atoms with Crippen LogP contribution in [0.2, 0.25) is 0 Å². The van der Waals surface area contributed by atoms with Crippen LogP contribution < -0.4 is 9.93 Å². The molecule has 0 atom stereocenters. The van der Waals surface area contributed by atoms with E-state index in [2.05, 4.69) is 10.3 Å². The molecular weight excluding hydrogens is 411 g/mol. The number of nitrogens with zero attached hydrogens (tertiary/aromatic N) is 1. The lowest BCUT2D eigenvalue weighted by Crippen LogP contribution is -2.06. The number of rotatable bonds is 6. The van der Waals surface area contributed by atoms with E-state index in [-0.39, 0.29) is 5.75 Å². The quantitative estimate of drug-likeness (QED) is 0.300. The number of phenolic OH excluding ortho intramolecular Hbond substituents is 1. The summed E-state index contributed by atoms with van der Waals surface area (Å²) in [6, 6.07) is 23.8. The molecule has 0 bridgehead atoms. The molecular formula is C24H21N2O4P. The van der Waals surface area contributed by atoms with E-state index >= 15 is 0 Å². The van der Waals surface area contributed by atoms with Crippen LogP contribution in [0.25, 0.3) is 11.5 Å². The number of ether oxygens (including phenoxy) is 2. The molecule has 0 fully saturated rings. The predicted molar refractivity (Wildman–Crippen MR) is 123 cm³/mol. The Morgan fingerprint density at radius 1 is 0.935 bits per heavy atom. The molecule has 4 rings (SSSR count). The van der Waals surface area contributed by atoms with Crippen molar-refractivity contribution < 1.29 is 19.1 Å². The van der Waals surface area contributed by atoms with Crippen LogP contribution in [0.4, 0.5) is 0 Å². The number of phenols is 1. The first-order chi connectivity index (χ1) is 15.1. The van der Waals surface area contributed by atoms with Crippen LogP contribution in [-0.2, 0) is 9.30 Å². The van der Waals surface area contributed by atoms with Crippen LogP contribution in [0.1, 0.15) is 16.7 Å². The Morgan fingerprint density at radius 2 is 1.52 bits per heavy atom. The summed E-state index contributed by atoms with van der Waals surface area (Å²) in [5.41, 5.74) is 2.32. The minimum Gasteiger partial charge on any atom is -0.504 e. The van der Waals surface area contributed by atoms with E-state index in [4.69, 9.17) is 9.47 Å². The molecule has 1 heterocycles. The minimum atomic E-state index is -3.20. The molecule has 0 spiro atoms. The molecule has 3 aromatic carbocycles. The van der Waals surface area contributed by atoms with Gasteiger partial charge in [-0.1, -0.05) is 60.7 Å².